The molecular formula is C21H26N4O. The molecule has 26 heavy (non-hydrogen) atoms. The van der Waals surface area contributed by atoms with Gasteiger partial charge < -0.3 is 20.7 Å². The summed E-state index contributed by atoms with van der Waals surface area (Å²) in [5.41, 5.74) is 10.1. The maximum absolute atomic E-state index is 6.19. The van der Waals surface area contributed by atoms with E-state index in [0.717, 1.165) is 37.2 Å². The number of nitrogens with zero attached hydrogens (tertiary/aromatic N) is 2. The van der Waals surface area contributed by atoms with Crippen LogP contribution in [0.15, 0.2) is 53.5 Å². The Bertz CT molecular complexity index is 804. The molecular weight excluding hydrogens is 324 g/mol. The molecule has 0 radical (unpaired) electrons. The van der Waals surface area contributed by atoms with Crippen molar-refractivity contribution in [3.05, 3.63) is 59.7 Å². The molecule has 3 N–H and O–H groups in total. The van der Waals surface area contributed by atoms with Gasteiger partial charge in [-0.2, -0.15) is 0 Å². The zero-order chi connectivity index (χ0) is 17.9. The Morgan fingerprint density at radius 2 is 2.04 bits per heavy atom. The van der Waals surface area contributed by atoms with Gasteiger partial charge in [-0.25, -0.2) is 0 Å². The third kappa shape index (κ3) is 3.47. The van der Waals surface area contributed by atoms with E-state index in [1.807, 2.05) is 18.2 Å². The summed E-state index contributed by atoms with van der Waals surface area (Å²) in [7, 11) is 2.15. The molecule has 2 aliphatic heterocycles. The summed E-state index contributed by atoms with van der Waals surface area (Å²) in [6.07, 6.45) is 1.95. The van der Waals surface area contributed by atoms with Gasteiger partial charge in [0, 0.05) is 43.7 Å². The first kappa shape index (κ1) is 16.8. The third-order valence-corrected chi connectivity index (χ3v) is 5.24. The van der Waals surface area contributed by atoms with E-state index in [4.69, 9.17) is 10.5 Å². The predicted octanol–water partition coefficient (Wildman–Crippen LogP) is 2.72. The highest BCUT2D eigenvalue weighted by atomic mass is 16.5. The lowest BCUT2D eigenvalue weighted by Crippen LogP contribution is -2.39. The maximum Gasteiger partial charge on any atom is 0.189 e. The number of benzene rings is 2. The molecule has 0 aromatic heterocycles. The topological polar surface area (TPSA) is 62.9 Å². The fourth-order valence-corrected chi connectivity index (χ4v) is 3.98. The molecule has 0 spiro atoms. The Morgan fingerprint density at radius 3 is 2.96 bits per heavy atom. The van der Waals surface area contributed by atoms with Crippen molar-refractivity contribution in [3.63, 3.8) is 0 Å². The average Bonchev–Trinajstić information content (AvgIpc) is 2.67. The predicted molar refractivity (Wildman–Crippen MR) is 106 cm³/mol. The molecule has 5 nitrogen and oxygen atoms in total. The fourth-order valence-electron chi connectivity index (χ4n) is 3.98. The Morgan fingerprint density at radius 1 is 1.23 bits per heavy atom. The van der Waals surface area contributed by atoms with Gasteiger partial charge in [-0.15, -0.1) is 0 Å². The molecule has 0 fully saturated rings. The van der Waals surface area contributed by atoms with Crippen LogP contribution in [0.5, 0.6) is 5.75 Å². The average molecular weight is 350 g/mol. The largest absolute Gasteiger partial charge is 0.493 e. The van der Waals surface area contributed by atoms with Crippen LogP contribution < -0.4 is 20.7 Å². The molecule has 2 atom stereocenters. The van der Waals surface area contributed by atoms with E-state index in [9.17, 15) is 0 Å². The molecule has 136 valence electrons. The van der Waals surface area contributed by atoms with Crippen molar-refractivity contribution in [2.45, 2.75) is 18.9 Å². The van der Waals surface area contributed by atoms with Crippen LogP contribution in [0.4, 0.5) is 5.69 Å². The molecule has 0 saturated heterocycles. The van der Waals surface area contributed by atoms with E-state index < -0.39 is 0 Å². The first-order valence-corrected chi connectivity index (χ1v) is 9.28. The van der Waals surface area contributed by atoms with Gasteiger partial charge in [0.2, 0.25) is 0 Å². The van der Waals surface area contributed by atoms with Gasteiger partial charge in [-0.3, -0.25) is 4.99 Å². The van der Waals surface area contributed by atoms with E-state index in [-0.39, 0.29) is 6.04 Å². The molecule has 0 bridgehead atoms. The molecule has 2 heterocycles. The second-order valence-electron chi connectivity index (χ2n) is 7.18. The summed E-state index contributed by atoms with van der Waals surface area (Å²) >= 11 is 0. The minimum Gasteiger partial charge on any atom is -0.493 e. The highest BCUT2D eigenvalue weighted by molar-refractivity contribution is 5.78. The van der Waals surface area contributed by atoms with Crippen molar-refractivity contribution in [2.24, 2.45) is 16.6 Å². The first-order chi connectivity index (χ1) is 12.7. The Hall–Kier alpha value is -2.69. The number of fused-ring (bicyclic) bond motifs is 2. The summed E-state index contributed by atoms with van der Waals surface area (Å²) in [5, 5.41) is 3.38. The van der Waals surface area contributed by atoms with Crippen LogP contribution in [-0.2, 0) is 6.42 Å². The van der Waals surface area contributed by atoms with Crippen LogP contribution in [0.25, 0.3) is 0 Å². The number of hydrogen-bond acceptors (Lipinski definition) is 3. The molecule has 2 aromatic rings. The van der Waals surface area contributed by atoms with Gasteiger partial charge in [0.1, 0.15) is 5.75 Å². The molecule has 4 rings (SSSR count). The second kappa shape index (κ2) is 7.28. The maximum atomic E-state index is 6.19. The summed E-state index contributed by atoms with van der Waals surface area (Å²) < 4.78 is 5.71. The standard InChI is InChI=1S/C21H26N4O/c1-25-14-15(12-16-6-2-4-8-19(16)25)13-23-21(22)24-18-10-11-26-20-9-5-3-7-17(18)20/h2-9,15,18H,10-14H2,1H3,(H3,22,23,24). The lowest BCUT2D eigenvalue weighted by molar-refractivity contribution is 0.262. The minimum absolute atomic E-state index is 0.165. The Kier molecular flexibility index (Phi) is 4.69. The number of anilines is 1. The van der Waals surface area contributed by atoms with Crippen molar-refractivity contribution < 1.29 is 4.74 Å². The fraction of sp³-hybridized carbons (Fsp3) is 0.381. The third-order valence-electron chi connectivity index (χ3n) is 5.24. The van der Waals surface area contributed by atoms with Crippen LogP contribution in [0.1, 0.15) is 23.6 Å². The van der Waals surface area contributed by atoms with Crippen LogP contribution >= 0.6 is 0 Å². The summed E-state index contributed by atoms with van der Waals surface area (Å²) in [6.45, 7) is 2.45. The summed E-state index contributed by atoms with van der Waals surface area (Å²) in [5.74, 6) is 1.94. The number of para-hydroxylation sites is 2. The molecule has 2 aromatic carbocycles. The summed E-state index contributed by atoms with van der Waals surface area (Å²) in [6, 6.07) is 16.9. The number of aliphatic imine (C=N–C) groups is 1. The monoisotopic (exact) mass is 350 g/mol. The van der Waals surface area contributed by atoms with E-state index in [2.05, 4.69) is 52.6 Å². The number of rotatable bonds is 3. The van der Waals surface area contributed by atoms with Gasteiger partial charge in [0.25, 0.3) is 0 Å². The van der Waals surface area contributed by atoms with Gasteiger partial charge in [-0.1, -0.05) is 36.4 Å². The molecule has 0 amide bonds. The number of nitrogens with two attached hydrogens (primary N) is 1. The van der Waals surface area contributed by atoms with Gasteiger partial charge in [0.15, 0.2) is 5.96 Å². The van der Waals surface area contributed by atoms with Crippen LogP contribution in [0.2, 0.25) is 0 Å². The number of hydrogen-bond donors (Lipinski definition) is 2. The zero-order valence-electron chi connectivity index (χ0n) is 15.2. The smallest absolute Gasteiger partial charge is 0.189 e. The Balaban J connectivity index is 1.39. The van der Waals surface area contributed by atoms with Crippen LogP contribution in [-0.4, -0.2) is 32.7 Å². The molecule has 2 aliphatic rings. The van der Waals surface area contributed by atoms with Crippen LogP contribution in [0.3, 0.4) is 0 Å². The number of guanidine groups is 1. The SMILES string of the molecule is CN1CC(CN=C(N)NC2CCOc3ccccc32)Cc2ccccc21. The van der Waals surface area contributed by atoms with Crippen molar-refractivity contribution in [1.82, 2.24) is 5.32 Å². The molecule has 0 saturated carbocycles. The van der Waals surface area contributed by atoms with Gasteiger partial charge in [-0.05, 0) is 24.1 Å². The van der Waals surface area contributed by atoms with Crippen molar-refractivity contribution >= 4 is 11.6 Å². The van der Waals surface area contributed by atoms with Gasteiger partial charge >= 0.3 is 0 Å². The van der Waals surface area contributed by atoms with Crippen LogP contribution in [0, 0.1) is 5.92 Å². The van der Waals surface area contributed by atoms with E-state index in [1.165, 1.54) is 11.3 Å². The van der Waals surface area contributed by atoms with Crippen molar-refractivity contribution in [3.8, 4) is 5.75 Å². The summed E-state index contributed by atoms with van der Waals surface area (Å²) in [4.78, 5) is 6.95. The first-order valence-electron chi connectivity index (χ1n) is 9.28. The molecule has 5 heteroatoms. The lowest BCUT2D eigenvalue weighted by Gasteiger charge is -2.33. The van der Waals surface area contributed by atoms with Gasteiger partial charge in [0.05, 0.1) is 12.6 Å². The Labute approximate surface area is 154 Å². The van der Waals surface area contributed by atoms with E-state index in [0.29, 0.717) is 18.5 Å². The number of ether oxygens (including phenoxy) is 1. The molecule has 2 unspecified atom stereocenters. The van der Waals surface area contributed by atoms with E-state index in [1.54, 1.807) is 0 Å². The normalized spacial score (nSPS) is 22.2. The zero-order valence-corrected chi connectivity index (χ0v) is 15.2. The van der Waals surface area contributed by atoms with Crippen molar-refractivity contribution in [1.29, 1.82) is 0 Å². The highest BCUT2D eigenvalue weighted by Crippen LogP contribution is 2.31. The van der Waals surface area contributed by atoms with Crippen molar-refractivity contribution in [2.75, 3.05) is 31.6 Å². The van der Waals surface area contributed by atoms with E-state index >= 15 is 0 Å². The molecule has 0 aliphatic carbocycles. The quantitative estimate of drug-likeness (QED) is 0.660. The second-order valence-corrected chi connectivity index (χ2v) is 7.18. The number of nitrogens with one attached hydrogen (secondary N) is 1. The highest BCUT2D eigenvalue weighted by Gasteiger charge is 2.23. The lowest BCUT2D eigenvalue weighted by atomic mass is 9.93. The minimum atomic E-state index is 0.165.